The third-order valence-electron chi connectivity index (χ3n) is 2.19. The minimum absolute atomic E-state index is 0. The Kier molecular flexibility index (Phi) is 8.83. The van der Waals surface area contributed by atoms with E-state index in [0.717, 1.165) is 0 Å². The van der Waals surface area contributed by atoms with Crippen molar-refractivity contribution in [1.29, 1.82) is 0 Å². The third kappa shape index (κ3) is 5.21. The van der Waals surface area contributed by atoms with Gasteiger partial charge in [-0.2, -0.15) is 13.2 Å². The second kappa shape index (κ2) is 7.51. The summed E-state index contributed by atoms with van der Waals surface area (Å²) < 4.78 is 37.1. The zero-order chi connectivity index (χ0) is 9.90. The molecule has 15 heavy (non-hydrogen) atoms. The van der Waals surface area contributed by atoms with E-state index in [1.807, 2.05) is 0 Å². The number of nitrogens with two attached hydrogens (primary N) is 1. The van der Waals surface area contributed by atoms with E-state index in [1.165, 1.54) is 4.90 Å². The Labute approximate surface area is 99.4 Å². The van der Waals surface area contributed by atoms with Crippen LogP contribution in [0.1, 0.15) is 0 Å². The van der Waals surface area contributed by atoms with Crippen molar-refractivity contribution in [3.63, 3.8) is 0 Å². The van der Waals surface area contributed by atoms with Crippen LogP contribution in [0.2, 0.25) is 0 Å². The lowest BCUT2D eigenvalue weighted by Gasteiger charge is -2.35. The fourth-order valence-corrected chi connectivity index (χ4v) is 1.48. The largest absolute Gasteiger partial charge is 0.405 e. The molecule has 0 aliphatic carbocycles. The van der Waals surface area contributed by atoms with Gasteiger partial charge in [-0.15, -0.1) is 24.8 Å². The zero-order valence-corrected chi connectivity index (χ0v) is 9.72. The molecule has 0 aromatic heterocycles. The van der Waals surface area contributed by atoms with Gasteiger partial charge in [-0.1, -0.05) is 0 Å². The number of halogens is 5. The van der Waals surface area contributed by atoms with Crippen LogP contribution < -0.4 is 11.1 Å². The molecular weight excluding hydrogens is 254 g/mol. The number of piperazine rings is 1. The van der Waals surface area contributed by atoms with Gasteiger partial charge in [0.2, 0.25) is 0 Å². The van der Waals surface area contributed by atoms with E-state index >= 15 is 0 Å². The summed E-state index contributed by atoms with van der Waals surface area (Å²) in [5.74, 6) is 0. The summed E-state index contributed by atoms with van der Waals surface area (Å²) >= 11 is 0. The van der Waals surface area contributed by atoms with Gasteiger partial charge in [0.25, 0.3) is 0 Å². The standard InChI is InChI=1S/C7H14F3N3.2ClH/c8-7(9,10)6(5-11)13-3-1-12-2-4-13;;/h6,12H,1-5,11H2;2*1H. The van der Waals surface area contributed by atoms with E-state index in [4.69, 9.17) is 5.73 Å². The molecule has 1 rings (SSSR count). The number of rotatable bonds is 2. The molecule has 94 valence electrons. The first-order valence-corrected chi connectivity index (χ1v) is 4.27. The molecule has 0 saturated carbocycles. The lowest BCUT2D eigenvalue weighted by Crippen LogP contribution is -2.56. The molecule has 1 heterocycles. The number of nitrogens with one attached hydrogen (secondary N) is 1. The molecule has 1 unspecified atom stereocenters. The predicted octanol–water partition coefficient (Wildman–Crippen LogP) is 0.625. The molecule has 8 heteroatoms. The summed E-state index contributed by atoms with van der Waals surface area (Å²) in [5.41, 5.74) is 5.11. The zero-order valence-electron chi connectivity index (χ0n) is 8.09. The van der Waals surface area contributed by atoms with Crippen molar-refractivity contribution in [2.75, 3.05) is 32.7 Å². The summed E-state index contributed by atoms with van der Waals surface area (Å²) in [5, 5.41) is 3.00. The van der Waals surface area contributed by atoms with Crippen molar-refractivity contribution in [3.05, 3.63) is 0 Å². The lowest BCUT2D eigenvalue weighted by molar-refractivity contribution is -0.182. The highest BCUT2D eigenvalue weighted by molar-refractivity contribution is 5.85. The Hall–Kier alpha value is 0.250. The topological polar surface area (TPSA) is 41.3 Å². The van der Waals surface area contributed by atoms with Crippen LogP contribution >= 0.6 is 24.8 Å². The highest BCUT2D eigenvalue weighted by atomic mass is 35.5. The molecular formula is C7H16Cl2F3N3. The Morgan fingerprint density at radius 2 is 1.67 bits per heavy atom. The fourth-order valence-electron chi connectivity index (χ4n) is 1.48. The molecule has 1 aliphatic rings. The molecule has 0 aromatic rings. The average molecular weight is 270 g/mol. The monoisotopic (exact) mass is 269 g/mol. The molecule has 0 bridgehead atoms. The smallest absolute Gasteiger partial charge is 0.329 e. The molecule has 1 atom stereocenters. The molecule has 1 fully saturated rings. The van der Waals surface area contributed by atoms with E-state index in [9.17, 15) is 13.2 Å². The molecule has 0 amide bonds. The summed E-state index contributed by atoms with van der Waals surface area (Å²) in [7, 11) is 0. The molecule has 3 N–H and O–H groups in total. The van der Waals surface area contributed by atoms with Crippen LogP contribution in [0.25, 0.3) is 0 Å². The van der Waals surface area contributed by atoms with Crippen LogP contribution in [0, 0.1) is 0 Å². The van der Waals surface area contributed by atoms with Crippen molar-refractivity contribution >= 4 is 24.8 Å². The Balaban J connectivity index is 0. The Morgan fingerprint density at radius 3 is 2.00 bits per heavy atom. The maximum atomic E-state index is 12.4. The molecule has 0 radical (unpaired) electrons. The third-order valence-corrected chi connectivity index (χ3v) is 2.19. The summed E-state index contributed by atoms with van der Waals surface area (Å²) in [4.78, 5) is 1.39. The normalized spacial score (nSPS) is 20.0. The highest BCUT2D eigenvalue weighted by Gasteiger charge is 2.42. The van der Waals surface area contributed by atoms with Gasteiger partial charge in [-0.25, -0.2) is 0 Å². The van der Waals surface area contributed by atoms with Gasteiger partial charge in [0, 0.05) is 32.7 Å². The van der Waals surface area contributed by atoms with Gasteiger partial charge in [-0.05, 0) is 0 Å². The van der Waals surface area contributed by atoms with Gasteiger partial charge >= 0.3 is 6.18 Å². The van der Waals surface area contributed by atoms with Gasteiger partial charge < -0.3 is 11.1 Å². The van der Waals surface area contributed by atoms with Gasteiger partial charge in [0.05, 0.1) is 0 Å². The maximum Gasteiger partial charge on any atom is 0.405 e. The Bertz CT molecular complexity index is 162. The second-order valence-electron chi connectivity index (χ2n) is 3.08. The van der Waals surface area contributed by atoms with Crippen molar-refractivity contribution in [2.24, 2.45) is 5.73 Å². The number of nitrogens with zero attached hydrogens (tertiary/aromatic N) is 1. The van der Waals surface area contributed by atoms with Crippen LogP contribution in [0.4, 0.5) is 13.2 Å². The Morgan fingerprint density at radius 1 is 1.20 bits per heavy atom. The molecule has 3 nitrogen and oxygen atoms in total. The van der Waals surface area contributed by atoms with Crippen LogP contribution in [0.3, 0.4) is 0 Å². The van der Waals surface area contributed by atoms with Crippen molar-refractivity contribution < 1.29 is 13.2 Å². The van der Waals surface area contributed by atoms with E-state index in [2.05, 4.69) is 5.32 Å². The minimum Gasteiger partial charge on any atom is -0.329 e. The van der Waals surface area contributed by atoms with Crippen molar-refractivity contribution in [1.82, 2.24) is 10.2 Å². The van der Waals surface area contributed by atoms with E-state index in [1.54, 1.807) is 0 Å². The number of hydrogen-bond donors (Lipinski definition) is 2. The first-order chi connectivity index (χ1) is 6.05. The van der Waals surface area contributed by atoms with Crippen LogP contribution in [0.15, 0.2) is 0 Å². The first kappa shape index (κ1) is 17.6. The SMILES string of the molecule is Cl.Cl.NCC(N1CCNCC1)C(F)(F)F. The van der Waals surface area contributed by atoms with E-state index in [-0.39, 0.29) is 31.4 Å². The predicted molar refractivity (Wildman–Crippen MR) is 57.8 cm³/mol. The number of hydrogen-bond acceptors (Lipinski definition) is 3. The van der Waals surface area contributed by atoms with Gasteiger partial charge in [0.1, 0.15) is 6.04 Å². The van der Waals surface area contributed by atoms with Crippen LogP contribution in [0.5, 0.6) is 0 Å². The second-order valence-corrected chi connectivity index (χ2v) is 3.08. The van der Waals surface area contributed by atoms with E-state index in [0.29, 0.717) is 26.2 Å². The average Bonchev–Trinajstić information content (AvgIpc) is 2.05. The van der Waals surface area contributed by atoms with Gasteiger partial charge in [-0.3, -0.25) is 4.90 Å². The summed E-state index contributed by atoms with van der Waals surface area (Å²) in [6, 6.07) is -1.48. The van der Waals surface area contributed by atoms with E-state index < -0.39 is 12.2 Å². The highest BCUT2D eigenvalue weighted by Crippen LogP contribution is 2.24. The molecule has 0 spiro atoms. The molecule has 0 aromatic carbocycles. The van der Waals surface area contributed by atoms with Crippen molar-refractivity contribution in [3.8, 4) is 0 Å². The fraction of sp³-hybridized carbons (Fsp3) is 1.00. The lowest BCUT2D eigenvalue weighted by atomic mass is 10.2. The summed E-state index contributed by atoms with van der Waals surface area (Å²) in [6.45, 7) is 1.69. The van der Waals surface area contributed by atoms with Crippen LogP contribution in [-0.2, 0) is 0 Å². The molecule has 1 aliphatic heterocycles. The molecule has 1 saturated heterocycles. The van der Waals surface area contributed by atoms with Gasteiger partial charge in [0.15, 0.2) is 0 Å². The number of alkyl halides is 3. The van der Waals surface area contributed by atoms with Crippen molar-refractivity contribution in [2.45, 2.75) is 12.2 Å². The first-order valence-electron chi connectivity index (χ1n) is 4.27. The quantitative estimate of drug-likeness (QED) is 0.773. The van der Waals surface area contributed by atoms with Crippen LogP contribution in [-0.4, -0.2) is 49.8 Å². The maximum absolute atomic E-state index is 12.4. The minimum atomic E-state index is -4.20. The summed E-state index contributed by atoms with van der Waals surface area (Å²) in [6.07, 6.45) is -4.20.